The molecule has 8 heteroatoms. The van der Waals surface area contributed by atoms with Gasteiger partial charge in [0.1, 0.15) is 11.5 Å². The van der Waals surface area contributed by atoms with Crippen molar-refractivity contribution in [3.63, 3.8) is 0 Å². The predicted octanol–water partition coefficient (Wildman–Crippen LogP) is 1.16. The van der Waals surface area contributed by atoms with Crippen molar-refractivity contribution in [3.8, 4) is 0 Å². The molecule has 7 nitrogen and oxygen atoms in total. The summed E-state index contributed by atoms with van der Waals surface area (Å²) in [6.07, 6.45) is 0. The van der Waals surface area contributed by atoms with Crippen LogP contribution in [0.4, 0.5) is 0 Å². The molecule has 1 amide bonds. The molecule has 0 aliphatic carbocycles. The van der Waals surface area contributed by atoms with Crippen LogP contribution >= 0.6 is 0 Å². The maximum absolute atomic E-state index is 12.3. The highest BCUT2D eigenvalue weighted by Gasteiger charge is 2.16. The van der Waals surface area contributed by atoms with E-state index in [1.807, 2.05) is 0 Å². The second-order valence-corrected chi connectivity index (χ2v) is 6.71. The topological polar surface area (TPSA) is 92.5 Å². The maximum Gasteiger partial charge on any atom is 0.253 e. The van der Waals surface area contributed by atoms with Crippen molar-refractivity contribution in [2.75, 3.05) is 14.1 Å². The Bertz CT molecular complexity index is 766. The summed E-state index contributed by atoms with van der Waals surface area (Å²) in [5.74, 6) is 0.450. The van der Waals surface area contributed by atoms with E-state index in [-0.39, 0.29) is 10.8 Å². The summed E-state index contributed by atoms with van der Waals surface area (Å²) in [4.78, 5) is 13.9. The number of hydrogen-bond acceptors (Lipinski definition) is 5. The summed E-state index contributed by atoms with van der Waals surface area (Å²) in [5, 5.41) is 3.83. The molecule has 0 unspecified atom stereocenters. The van der Waals surface area contributed by atoms with Crippen LogP contribution in [-0.4, -0.2) is 38.5 Å². The Hall–Kier alpha value is -2.19. The lowest BCUT2D eigenvalue weighted by atomic mass is 10.2. The van der Waals surface area contributed by atoms with Gasteiger partial charge in [-0.1, -0.05) is 5.16 Å². The SMILES string of the molecule is CNS(=O)(=O)c1ccc(C(=O)N(C)Cc2cc(C)on2)cc1. The standard InChI is InChI=1S/C14H17N3O4S/c1-10-8-12(16-21-10)9-17(3)14(18)11-4-6-13(7-5-11)22(19,20)15-2/h4-8,15H,9H2,1-3H3. The fourth-order valence-corrected chi connectivity index (χ4v) is 2.65. The fraction of sp³-hybridized carbons (Fsp3) is 0.286. The number of carbonyl (C=O) groups is 1. The third kappa shape index (κ3) is 3.52. The highest BCUT2D eigenvalue weighted by Crippen LogP contribution is 2.13. The summed E-state index contributed by atoms with van der Waals surface area (Å²) >= 11 is 0. The Balaban J connectivity index is 2.12. The Kier molecular flexibility index (Phi) is 4.62. The number of aryl methyl sites for hydroxylation is 1. The first-order chi connectivity index (χ1) is 10.3. The van der Waals surface area contributed by atoms with Crippen molar-refractivity contribution in [1.29, 1.82) is 0 Å². The minimum atomic E-state index is -3.50. The lowest BCUT2D eigenvalue weighted by Gasteiger charge is -2.15. The number of sulfonamides is 1. The minimum Gasteiger partial charge on any atom is -0.361 e. The van der Waals surface area contributed by atoms with Gasteiger partial charge in [-0.2, -0.15) is 0 Å². The van der Waals surface area contributed by atoms with Gasteiger partial charge >= 0.3 is 0 Å². The molecule has 1 heterocycles. The Morgan fingerprint density at radius 2 is 1.95 bits per heavy atom. The molecular formula is C14H17N3O4S. The number of aromatic nitrogens is 1. The van der Waals surface area contributed by atoms with Gasteiger partial charge in [-0.25, -0.2) is 13.1 Å². The third-order valence-electron chi connectivity index (χ3n) is 3.10. The molecule has 0 spiro atoms. The predicted molar refractivity (Wildman–Crippen MR) is 79.7 cm³/mol. The van der Waals surface area contributed by atoms with Crippen LogP contribution in [-0.2, 0) is 16.6 Å². The second kappa shape index (κ2) is 6.29. The van der Waals surface area contributed by atoms with Gasteiger partial charge in [-0.3, -0.25) is 4.79 Å². The summed E-state index contributed by atoms with van der Waals surface area (Å²) < 4.78 is 30.4. The first kappa shape index (κ1) is 16.2. The number of hydrogen-bond donors (Lipinski definition) is 1. The van der Waals surface area contributed by atoms with Gasteiger partial charge in [0.05, 0.1) is 11.4 Å². The number of carbonyl (C=O) groups excluding carboxylic acids is 1. The molecule has 0 radical (unpaired) electrons. The molecule has 22 heavy (non-hydrogen) atoms. The number of rotatable bonds is 5. The third-order valence-corrected chi connectivity index (χ3v) is 4.53. The van der Waals surface area contributed by atoms with Gasteiger partial charge in [-0.05, 0) is 38.2 Å². The molecule has 1 N–H and O–H groups in total. The van der Waals surface area contributed by atoms with E-state index >= 15 is 0 Å². The summed E-state index contributed by atoms with van der Waals surface area (Å²) in [7, 11) is -0.525. The average molecular weight is 323 g/mol. The van der Waals surface area contributed by atoms with E-state index in [0.717, 1.165) is 0 Å². The zero-order valence-corrected chi connectivity index (χ0v) is 13.3. The van der Waals surface area contributed by atoms with E-state index in [1.54, 1.807) is 20.0 Å². The number of nitrogens with one attached hydrogen (secondary N) is 1. The summed E-state index contributed by atoms with van der Waals surface area (Å²) in [5.41, 5.74) is 1.06. The molecule has 0 aliphatic heterocycles. The van der Waals surface area contributed by atoms with Crippen LogP contribution in [0.5, 0.6) is 0 Å². The Morgan fingerprint density at radius 3 is 2.45 bits per heavy atom. The molecule has 118 valence electrons. The molecule has 0 saturated heterocycles. The first-order valence-electron chi connectivity index (χ1n) is 6.55. The summed E-state index contributed by atoms with van der Waals surface area (Å²) in [6, 6.07) is 7.51. The van der Waals surface area contributed by atoms with Crippen molar-refractivity contribution in [2.24, 2.45) is 0 Å². The molecule has 1 aromatic carbocycles. The van der Waals surface area contributed by atoms with Crippen LogP contribution in [0.1, 0.15) is 21.8 Å². The zero-order valence-electron chi connectivity index (χ0n) is 12.5. The van der Waals surface area contributed by atoms with Crippen molar-refractivity contribution >= 4 is 15.9 Å². The normalized spacial score (nSPS) is 11.4. The number of nitrogens with zero attached hydrogens (tertiary/aromatic N) is 2. The zero-order chi connectivity index (χ0) is 16.3. The molecule has 2 rings (SSSR count). The Morgan fingerprint density at radius 1 is 1.32 bits per heavy atom. The van der Waals surface area contributed by atoms with E-state index in [4.69, 9.17) is 4.52 Å². The van der Waals surface area contributed by atoms with Gasteiger partial charge < -0.3 is 9.42 Å². The maximum atomic E-state index is 12.3. The number of amides is 1. The molecule has 0 fully saturated rings. The fourth-order valence-electron chi connectivity index (χ4n) is 1.92. The van der Waals surface area contributed by atoms with Crippen molar-refractivity contribution in [2.45, 2.75) is 18.4 Å². The van der Waals surface area contributed by atoms with Gasteiger partial charge in [0.25, 0.3) is 5.91 Å². The van der Waals surface area contributed by atoms with Crippen LogP contribution in [0.2, 0.25) is 0 Å². The molecule has 0 saturated carbocycles. The van der Waals surface area contributed by atoms with Gasteiger partial charge in [0, 0.05) is 18.7 Å². The lowest BCUT2D eigenvalue weighted by molar-refractivity contribution is 0.0782. The van der Waals surface area contributed by atoms with E-state index in [9.17, 15) is 13.2 Å². The van der Waals surface area contributed by atoms with Crippen LogP contribution in [0.25, 0.3) is 0 Å². The average Bonchev–Trinajstić information content (AvgIpc) is 2.91. The molecule has 2 aromatic rings. The molecule has 0 aliphatic rings. The molecular weight excluding hydrogens is 306 g/mol. The van der Waals surface area contributed by atoms with E-state index in [1.165, 1.54) is 36.2 Å². The van der Waals surface area contributed by atoms with Gasteiger partial charge in [0.2, 0.25) is 10.0 Å². The highest BCUT2D eigenvalue weighted by molar-refractivity contribution is 7.89. The molecule has 1 aromatic heterocycles. The Labute approximate surface area is 129 Å². The van der Waals surface area contributed by atoms with Crippen LogP contribution in [0.15, 0.2) is 39.8 Å². The molecule has 0 atom stereocenters. The van der Waals surface area contributed by atoms with Gasteiger partial charge in [-0.15, -0.1) is 0 Å². The smallest absolute Gasteiger partial charge is 0.253 e. The van der Waals surface area contributed by atoms with Crippen molar-refractivity contribution in [1.82, 2.24) is 14.8 Å². The largest absolute Gasteiger partial charge is 0.361 e. The minimum absolute atomic E-state index is 0.112. The highest BCUT2D eigenvalue weighted by atomic mass is 32.2. The van der Waals surface area contributed by atoms with Crippen LogP contribution < -0.4 is 4.72 Å². The monoisotopic (exact) mass is 323 g/mol. The molecule has 0 bridgehead atoms. The van der Waals surface area contributed by atoms with Crippen molar-refractivity contribution < 1.29 is 17.7 Å². The quantitative estimate of drug-likeness (QED) is 0.891. The second-order valence-electron chi connectivity index (χ2n) is 4.82. The first-order valence-corrected chi connectivity index (χ1v) is 8.03. The van der Waals surface area contributed by atoms with Crippen LogP contribution in [0.3, 0.4) is 0 Å². The number of benzene rings is 1. The van der Waals surface area contributed by atoms with E-state index in [0.29, 0.717) is 23.6 Å². The van der Waals surface area contributed by atoms with Gasteiger partial charge in [0.15, 0.2) is 0 Å². The van der Waals surface area contributed by atoms with E-state index in [2.05, 4.69) is 9.88 Å². The lowest BCUT2D eigenvalue weighted by Crippen LogP contribution is -2.26. The van der Waals surface area contributed by atoms with Crippen LogP contribution in [0, 0.1) is 6.92 Å². The van der Waals surface area contributed by atoms with E-state index < -0.39 is 10.0 Å². The summed E-state index contributed by atoms with van der Waals surface area (Å²) in [6.45, 7) is 2.09. The van der Waals surface area contributed by atoms with Crippen molar-refractivity contribution in [3.05, 3.63) is 47.3 Å².